The van der Waals surface area contributed by atoms with Gasteiger partial charge in [-0.3, -0.25) is 0 Å². The maximum Gasteiger partial charge on any atom is 0.320 e. The maximum atomic E-state index is 7.54. The molecule has 0 unspecified atom stereocenters. The molecule has 0 bridgehead atoms. The van der Waals surface area contributed by atoms with Crippen LogP contribution >= 0.6 is 0 Å². The van der Waals surface area contributed by atoms with Crippen LogP contribution in [0.1, 0.15) is 41.5 Å². The van der Waals surface area contributed by atoms with Crippen LogP contribution in [0.5, 0.6) is 0 Å². The normalized spacial score (nSPS) is 13.6. The van der Waals surface area contributed by atoms with Crippen molar-refractivity contribution in [2.45, 2.75) is 54.0 Å². The van der Waals surface area contributed by atoms with E-state index in [1.807, 2.05) is 48.4 Å². The Hall–Kier alpha value is -0.565. The van der Waals surface area contributed by atoms with Crippen LogP contribution in [0.15, 0.2) is 11.0 Å². The Balaban J connectivity index is 4.62. The molecule has 0 saturated heterocycles. The van der Waals surface area contributed by atoms with Crippen LogP contribution in [0.25, 0.3) is 0 Å². The SMILES string of the molecule is CB(OC(C)(C)C)C(C)=C(C)C(C)=N. The predicted octanol–water partition coefficient (Wildman–Crippen LogP) is 3.34. The second-order valence-corrected chi connectivity index (χ2v) is 4.81. The first-order valence-corrected chi connectivity index (χ1v) is 5.06. The smallest absolute Gasteiger partial charge is 0.320 e. The zero-order valence-electron chi connectivity index (χ0n) is 10.5. The number of hydrogen-bond donors (Lipinski definition) is 1. The summed E-state index contributed by atoms with van der Waals surface area (Å²) in [6.07, 6.45) is 0. The number of rotatable bonds is 3. The molecule has 0 saturated carbocycles. The van der Waals surface area contributed by atoms with E-state index in [1.165, 1.54) is 0 Å². The Labute approximate surface area is 88.4 Å². The Morgan fingerprint density at radius 1 is 1.14 bits per heavy atom. The van der Waals surface area contributed by atoms with E-state index in [-0.39, 0.29) is 12.5 Å². The quantitative estimate of drug-likeness (QED) is 0.543. The van der Waals surface area contributed by atoms with E-state index in [0.29, 0.717) is 5.71 Å². The summed E-state index contributed by atoms with van der Waals surface area (Å²) in [5.74, 6) is 0. The molecule has 0 atom stereocenters. The minimum absolute atomic E-state index is 0.0790. The molecular weight excluding hydrogens is 173 g/mol. The van der Waals surface area contributed by atoms with E-state index < -0.39 is 0 Å². The Morgan fingerprint density at radius 3 is 1.86 bits per heavy atom. The van der Waals surface area contributed by atoms with Gasteiger partial charge in [0.1, 0.15) is 0 Å². The summed E-state index contributed by atoms with van der Waals surface area (Å²) in [5.41, 5.74) is 2.66. The second kappa shape index (κ2) is 4.78. The molecule has 0 fully saturated rings. The lowest BCUT2D eigenvalue weighted by Gasteiger charge is -2.25. The molecule has 1 N–H and O–H groups in total. The summed E-state index contributed by atoms with van der Waals surface area (Å²) in [5, 5.41) is 7.54. The fourth-order valence-corrected chi connectivity index (χ4v) is 1.22. The van der Waals surface area contributed by atoms with Crippen molar-refractivity contribution in [2.75, 3.05) is 0 Å². The van der Waals surface area contributed by atoms with Crippen LogP contribution in [0.3, 0.4) is 0 Å². The molecular formula is C11H22BNO. The van der Waals surface area contributed by atoms with Gasteiger partial charge in [0.25, 0.3) is 0 Å². The van der Waals surface area contributed by atoms with Gasteiger partial charge >= 0.3 is 6.92 Å². The molecule has 0 spiro atoms. The highest BCUT2D eigenvalue weighted by molar-refractivity contribution is 6.59. The zero-order valence-corrected chi connectivity index (χ0v) is 10.5. The third-order valence-electron chi connectivity index (χ3n) is 2.29. The number of hydrogen-bond acceptors (Lipinski definition) is 2. The summed E-state index contributed by atoms with van der Waals surface area (Å²) < 4.78 is 5.82. The van der Waals surface area contributed by atoms with Crippen LogP contribution in [-0.4, -0.2) is 18.2 Å². The van der Waals surface area contributed by atoms with Crippen molar-refractivity contribution in [1.29, 1.82) is 5.41 Å². The lowest BCUT2D eigenvalue weighted by atomic mass is 9.61. The molecule has 2 nitrogen and oxygen atoms in total. The summed E-state index contributed by atoms with van der Waals surface area (Å²) in [6, 6.07) is 0. The van der Waals surface area contributed by atoms with E-state index in [2.05, 4.69) is 0 Å². The van der Waals surface area contributed by atoms with Gasteiger partial charge in [-0.25, -0.2) is 0 Å². The maximum absolute atomic E-state index is 7.54. The molecule has 0 aliphatic rings. The van der Waals surface area contributed by atoms with E-state index in [0.717, 1.165) is 11.0 Å². The van der Waals surface area contributed by atoms with Gasteiger partial charge in [0.05, 0.1) is 0 Å². The van der Waals surface area contributed by atoms with Gasteiger partial charge in [0.15, 0.2) is 0 Å². The molecule has 0 rings (SSSR count). The molecule has 0 aromatic carbocycles. The van der Waals surface area contributed by atoms with Crippen LogP contribution in [-0.2, 0) is 4.65 Å². The van der Waals surface area contributed by atoms with Crippen LogP contribution < -0.4 is 0 Å². The standard InChI is InChI=1S/C11H22BNO/c1-8(10(3)13)9(2)12(7)14-11(4,5)6/h13H,1-7H3. The number of nitrogens with one attached hydrogen (secondary N) is 1. The largest absolute Gasteiger partial charge is 0.427 e. The molecule has 0 aromatic rings. The molecule has 0 radical (unpaired) electrons. The molecule has 3 heteroatoms. The van der Waals surface area contributed by atoms with Crippen molar-refractivity contribution in [3.05, 3.63) is 11.0 Å². The van der Waals surface area contributed by atoms with Gasteiger partial charge in [-0.15, -0.1) is 0 Å². The van der Waals surface area contributed by atoms with Crippen molar-refractivity contribution in [2.24, 2.45) is 0 Å². The lowest BCUT2D eigenvalue weighted by molar-refractivity contribution is 0.132. The minimum Gasteiger partial charge on any atom is -0.427 e. The third-order valence-corrected chi connectivity index (χ3v) is 2.29. The summed E-state index contributed by atoms with van der Waals surface area (Å²) in [6.45, 7) is 14.1. The van der Waals surface area contributed by atoms with Crippen LogP contribution in [0, 0.1) is 5.41 Å². The second-order valence-electron chi connectivity index (χ2n) is 4.81. The Kier molecular flexibility index (Phi) is 4.59. The monoisotopic (exact) mass is 195 g/mol. The van der Waals surface area contributed by atoms with Crippen molar-refractivity contribution in [1.82, 2.24) is 0 Å². The first-order valence-electron chi connectivity index (χ1n) is 5.06. The summed E-state index contributed by atoms with van der Waals surface area (Å²) in [4.78, 5) is 0. The highest BCUT2D eigenvalue weighted by Crippen LogP contribution is 2.16. The van der Waals surface area contributed by atoms with Gasteiger partial charge in [0, 0.05) is 11.3 Å². The highest BCUT2D eigenvalue weighted by atomic mass is 16.5. The Bertz CT molecular complexity index is 251. The van der Waals surface area contributed by atoms with E-state index in [4.69, 9.17) is 10.1 Å². The Morgan fingerprint density at radius 2 is 1.57 bits per heavy atom. The van der Waals surface area contributed by atoms with Crippen molar-refractivity contribution in [3.8, 4) is 0 Å². The topological polar surface area (TPSA) is 33.1 Å². The third kappa shape index (κ3) is 4.61. The first-order chi connectivity index (χ1) is 6.15. The van der Waals surface area contributed by atoms with Gasteiger partial charge in [0.2, 0.25) is 0 Å². The fraction of sp³-hybridized carbons (Fsp3) is 0.727. The van der Waals surface area contributed by atoms with E-state index in [9.17, 15) is 0 Å². The zero-order chi connectivity index (χ0) is 11.5. The van der Waals surface area contributed by atoms with Crippen LogP contribution in [0.2, 0.25) is 6.82 Å². The molecule has 14 heavy (non-hydrogen) atoms. The van der Waals surface area contributed by atoms with Crippen molar-refractivity contribution in [3.63, 3.8) is 0 Å². The van der Waals surface area contributed by atoms with Crippen molar-refractivity contribution >= 4 is 12.6 Å². The van der Waals surface area contributed by atoms with Gasteiger partial charge in [-0.05, 0) is 47.1 Å². The molecule has 0 aliphatic carbocycles. The summed E-state index contributed by atoms with van der Waals surface area (Å²) in [7, 11) is 0. The fourth-order valence-electron chi connectivity index (χ4n) is 1.22. The van der Waals surface area contributed by atoms with E-state index in [1.54, 1.807) is 0 Å². The van der Waals surface area contributed by atoms with Gasteiger partial charge < -0.3 is 10.1 Å². The van der Waals surface area contributed by atoms with Crippen LogP contribution in [0.4, 0.5) is 0 Å². The molecule has 0 heterocycles. The molecule has 0 aliphatic heterocycles. The van der Waals surface area contributed by atoms with Gasteiger partial charge in [-0.1, -0.05) is 12.3 Å². The molecule has 80 valence electrons. The van der Waals surface area contributed by atoms with Gasteiger partial charge in [-0.2, -0.15) is 0 Å². The molecule has 0 amide bonds. The lowest BCUT2D eigenvalue weighted by Crippen LogP contribution is -2.30. The average molecular weight is 195 g/mol. The highest BCUT2D eigenvalue weighted by Gasteiger charge is 2.21. The first kappa shape index (κ1) is 13.4. The minimum atomic E-state index is -0.128. The van der Waals surface area contributed by atoms with E-state index >= 15 is 0 Å². The predicted molar refractivity (Wildman–Crippen MR) is 64.2 cm³/mol. The summed E-state index contributed by atoms with van der Waals surface area (Å²) >= 11 is 0. The van der Waals surface area contributed by atoms with Crippen molar-refractivity contribution < 1.29 is 4.65 Å². The molecule has 0 aromatic heterocycles. The average Bonchev–Trinajstić information content (AvgIpc) is 1.98. The number of allylic oxidation sites excluding steroid dienone is 2.